The number of carbonyl (C=O) groups is 1. The van der Waals surface area contributed by atoms with E-state index < -0.39 is 5.97 Å². The van der Waals surface area contributed by atoms with Crippen molar-refractivity contribution < 1.29 is 9.90 Å². The molecule has 0 aliphatic carbocycles. The topological polar surface area (TPSA) is 66.3 Å². The Balaban J connectivity index is 2.11. The molecule has 0 fully saturated rings. The molecule has 0 bridgehead atoms. The summed E-state index contributed by atoms with van der Waals surface area (Å²) in [6.45, 7) is 0.667. The summed E-state index contributed by atoms with van der Waals surface area (Å²) in [5, 5.41) is 9.13. The normalized spacial score (nSPS) is 10.3. The van der Waals surface area contributed by atoms with Gasteiger partial charge in [-0.3, -0.25) is 0 Å². The van der Waals surface area contributed by atoms with Crippen LogP contribution in [0.3, 0.4) is 0 Å². The van der Waals surface area contributed by atoms with Gasteiger partial charge in [0, 0.05) is 24.3 Å². The first-order valence-corrected chi connectivity index (χ1v) is 6.86. The van der Waals surface area contributed by atoms with Gasteiger partial charge < -0.3 is 10.0 Å². The van der Waals surface area contributed by atoms with Gasteiger partial charge in [-0.05, 0) is 18.1 Å². The molecule has 104 valence electrons. The molecule has 0 radical (unpaired) electrons. The van der Waals surface area contributed by atoms with Gasteiger partial charge in [-0.2, -0.15) is 0 Å². The fourth-order valence-corrected chi connectivity index (χ4v) is 2.36. The minimum absolute atomic E-state index is 0.113. The first-order chi connectivity index (χ1) is 9.59. The van der Waals surface area contributed by atoms with E-state index in [1.54, 1.807) is 0 Å². The third-order valence-corrected chi connectivity index (χ3v) is 3.73. The Labute approximate surface area is 125 Å². The lowest BCUT2D eigenvalue weighted by Crippen LogP contribution is -2.24. The molecular weight excluding hydrogens is 322 g/mol. The molecule has 1 N–H and O–H groups in total. The Bertz CT molecular complexity index is 619. The second-order valence-electron chi connectivity index (χ2n) is 4.33. The number of likely N-dealkylation sites (N-methyl/N-ethyl adjacent to an activating group) is 1. The lowest BCUT2D eigenvalue weighted by atomic mass is 10.1. The van der Waals surface area contributed by atoms with Crippen LogP contribution in [-0.2, 0) is 6.42 Å². The van der Waals surface area contributed by atoms with Gasteiger partial charge in [0.15, 0.2) is 0 Å². The summed E-state index contributed by atoms with van der Waals surface area (Å²) in [6, 6.07) is 7.97. The Morgan fingerprint density at radius 1 is 1.40 bits per heavy atom. The van der Waals surface area contributed by atoms with Crippen LogP contribution in [0.4, 0.5) is 5.82 Å². The third kappa shape index (κ3) is 3.33. The fourth-order valence-electron chi connectivity index (χ4n) is 1.87. The average Bonchev–Trinajstić information content (AvgIpc) is 2.46. The van der Waals surface area contributed by atoms with E-state index in [1.807, 2.05) is 36.2 Å². The van der Waals surface area contributed by atoms with Crippen LogP contribution in [0.15, 0.2) is 41.3 Å². The van der Waals surface area contributed by atoms with E-state index in [1.165, 1.54) is 18.1 Å². The van der Waals surface area contributed by atoms with Crippen LogP contribution in [0.1, 0.15) is 15.9 Å². The standard InChI is InChI=1S/C14H14BrN3O2/c1-18(7-6-10-4-2-3-5-12(10)15)13-11(14(19)20)8-16-9-17-13/h2-5,8-9H,6-7H2,1H3,(H,19,20). The maximum absolute atomic E-state index is 11.1. The van der Waals surface area contributed by atoms with Gasteiger partial charge in [0.1, 0.15) is 17.7 Å². The monoisotopic (exact) mass is 335 g/mol. The van der Waals surface area contributed by atoms with E-state index in [0.717, 1.165) is 10.9 Å². The number of carboxylic acids is 1. The molecule has 6 heteroatoms. The van der Waals surface area contributed by atoms with Gasteiger partial charge in [-0.25, -0.2) is 14.8 Å². The van der Waals surface area contributed by atoms with Gasteiger partial charge in [0.25, 0.3) is 0 Å². The highest BCUT2D eigenvalue weighted by molar-refractivity contribution is 9.10. The van der Waals surface area contributed by atoms with Crippen LogP contribution in [-0.4, -0.2) is 34.6 Å². The number of carboxylic acid groups (broad SMARTS) is 1. The maximum Gasteiger partial charge on any atom is 0.341 e. The van der Waals surface area contributed by atoms with E-state index in [9.17, 15) is 4.79 Å². The Kier molecular flexibility index (Phi) is 4.68. The molecule has 0 amide bonds. The molecule has 0 unspecified atom stereocenters. The van der Waals surface area contributed by atoms with Crippen molar-refractivity contribution in [3.63, 3.8) is 0 Å². The van der Waals surface area contributed by atoms with Crippen molar-refractivity contribution in [3.05, 3.63) is 52.4 Å². The van der Waals surface area contributed by atoms with Crippen LogP contribution in [0.25, 0.3) is 0 Å². The number of aromatic carboxylic acids is 1. The smallest absolute Gasteiger partial charge is 0.341 e. The zero-order chi connectivity index (χ0) is 14.5. The fraction of sp³-hybridized carbons (Fsp3) is 0.214. The lowest BCUT2D eigenvalue weighted by molar-refractivity contribution is 0.0696. The predicted molar refractivity (Wildman–Crippen MR) is 80.1 cm³/mol. The number of hydrogen-bond acceptors (Lipinski definition) is 4. The second-order valence-corrected chi connectivity index (χ2v) is 5.18. The molecule has 0 spiro atoms. The van der Waals surface area contributed by atoms with Gasteiger partial charge in [-0.1, -0.05) is 34.1 Å². The largest absolute Gasteiger partial charge is 0.477 e. The van der Waals surface area contributed by atoms with Crippen molar-refractivity contribution in [2.45, 2.75) is 6.42 Å². The zero-order valence-corrected chi connectivity index (χ0v) is 12.5. The second kappa shape index (κ2) is 6.47. The molecule has 1 aromatic carbocycles. The summed E-state index contributed by atoms with van der Waals surface area (Å²) in [7, 11) is 1.83. The molecule has 0 aliphatic rings. The molecule has 1 heterocycles. The van der Waals surface area contributed by atoms with Gasteiger partial charge in [0.05, 0.1) is 0 Å². The maximum atomic E-state index is 11.1. The van der Waals surface area contributed by atoms with Crippen molar-refractivity contribution in [1.29, 1.82) is 0 Å². The van der Waals surface area contributed by atoms with Crippen molar-refractivity contribution in [3.8, 4) is 0 Å². The van der Waals surface area contributed by atoms with Crippen LogP contribution in [0.2, 0.25) is 0 Å². The van der Waals surface area contributed by atoms with Crippen molar-refractivity contribution in [2.24, 2.45) is 0 Å². The van der Waals surface area contributed by atoms with Crippen LogP contribution < -0.4 is 4.90 Å². The van der Waals surface area contributed by atoms with E-state index >= 15 is 0 Å². The van der Waals surface area contributed by atoms with Gasteiger partial charge in [0.2, 0.25) is 0 Å². The first kappa shape index (κ1) is 14.5. The van der Waals surface area contributed by atoms with Crippen molar-refractivity contribution in [1.82, 2.24) is 9.97 Å². The average molecular weight is 336 g/mol. The molecule has 0 saturated carbocycles. The van der Waals surface area contributed by atoms with Gasteiger partial charge in [-0.15, -0.1) is 0 Å². The molecule has 1 aromatic heterocycles. The zero-order valence-electron chi connectivity index (χ0n) is 11.0. The van der Waals surface area contributed by atoms with Crippen LogP contribution in [0.5, 0.6) is 0 Å². The van der Waals surface area contributed by atoms with Crippen LogP contribution in [0, 0.1) is 0 Å². The summed E-state index contributed by atoms with van der Waals surface area (Å²) in [5.41, 5.74) is 1.28. The SMILES string of the molecule is CN(CCc1ccccc1Br)c1ncncc1C(=O)O. The minimum Gasteiger partial charge on any atom is -0.477 e. The van der Waals surface area contributed by atoms with Gasteiger partial charge >= 0.3 is 5.97 Å². The molecule has 0 aliphatic heterocycles. The lowest BCUT2D eigenvalue weighted by Gasteiger charge is -2.19. The Morgan fingerprint density at radius 3 is 2.85 bits per heavy atom. The highest BCUT2D eigenvalue weighted by atomic mass is 79.9. The summed E-state index contributed by atoms with van der Waals surface area (Å²) in [4.78, 5) is 20.8. The number of hydrogen-bond donors (Lipinski definition) is 1. The van der Waals surface area contributed by atoms with Crippen molar-refractivity contribution >= 4 is 27.7 Å². The molecule has 20 heavy (non-hydrogen) atoms. The number of anilines is 1. The summed E-state index contributed by atoms with van der Waals surface area (Å²) in [5.74, 6) is -0.590. The van der Waals surface area contributed by atoms with E-state index in [-0.39, 0.29) is 5.56 Å². The number of rotatable bonds is 5. The molecule has 0 atom stereocenters. The molecule has 5 nitrogen and oxygen atoms in total. The number of benzene rings is 1. The van der Waals surface area contributed by atoms with E-state index in [4.69, 9.17) is 5.11 Å². The first-order valence-electron chi connectivity index (χ1n) is 6.07. The molecule has 2 rings (SSSR count). The Hall–Kier alpha value is -1.95. The third-order valence-electron chi connectivity index (χ3n) is 2.96. The Morgan fingerprint density at radius 2 is 2.15 bits per heavy atom. The molecule has 0 saturated heterocycles. The quantitative estimate of drug-likeness (QED) is 0.909. The number of halogens is 1. The van der Waals surface area contributed by atoms with Crippen LogP contribution >= 0.6 is 15.9 Å². The van der Waals surface area contributed by atoms with Crippen molar-refractivity contribution in [2.75, 3.05) is 18.5 Å². The molecule has 2 aromatic rings. The van der Waals surface area contributed by atoms with E-state index in [0.29, 0.717) is 12.4 Å². The molecular formula is C14H14BrN3O2. The van der Waals surface area contributed by atoms with E-state index in [2.05, 4.69) is 25.9 Å². The summed E-state index contributed by atoms with van der Waals surface area (Å²) < 4.78 is 1.05. The summed E-state index contributed by atoms with van der Waals surface area (Å²) >= 11 is 3.50. The highest BCUT2D eigenvalue weighted by Gasteiger charge is 2.15. The number of aromatic nitrogens is 2. The minimum atomic E-state index is -1.02. The highest BCUT2D eigenvalue weighted by Crippen LogP contribution is 2.19. The summed E-state index contributed by atoms with van der Waals surface area (Å²) in [6.07, 6.45) is 3.47. The number of nitrogens with zero attached hydrogens (tertiary/aromatic N) is 3. The predicted octanol–water partition coefficient (Wildman–Crippen LogP) is 2.62.